The smallest absolute Gasteiger partial charge is 0.269 e. The summed E-state index contributed by atoms with van der Waals surface area (Å²) >= 11 is 0. The van der Waals surface area contributed by atoms with Crippen LogP contribution < -0.4 is 15.2 Å². The molecular weight excluding hydrogens is 468 g/mol. The number of hydrogen-bond donors (Lipinski definition) is 3. The van der Waals surface area contributed by atoms with Crippen molar-refractivity contribution in [3.05, 3.63) is 76.2 Å². The molecule has 1 aromatic carbocycles. The first-order valence-electron chi connectivity index (χ1n) is 11.3. The summed E-state index contributed by atoms with van der Waals surface area (Å²) in [6, 6.07) is 13.0. The highest BCUT2D eigenvalue weighted by molar-refractivity contribution is 7.90. The summed E-state index contributed by atoms with van der Waals surface area (Å²) in [5.41, 5.74) is 1.03. The number of aromatic nitrogens is 2. The lowest BCUT2D eigenvalue weighted by Crippen LogP contribution is -2.41. The molecule has 0 aliphatic carbocycles. The molecule has 9 nitrogen and oxygen atoms in total. The molecule has 1 aliphatic heterocycles. The van der Waals surface area contributed by atoms with Gasteiger partial charge in [0.2, 0.25) is 0 Å². The zero-order chi connectivity index (χ0) is 25.4. The summed E-state index contributed by atoms with van der Waals surface area (Å²) in [4.78, 5) is 33.8. The molecule has 3 N–H and O–H groups in total. The molecule has 1 aliphatic rings. The van der Waals surface area contributed by atoms with Gasteiger partial charge in [-0.15, -0.1) is 0 Å². The highest BCUT2D eigenvalue weighted by Gasteiger charge is 2.39. The van der Waals surface area contributed by atoms with Crippen LogP contribution in [0.15, 0.2) is 64.4 Å². The summed E-state index contributed by atoms with van der Waals surface area (Å²) in [5, 5.41) is 9.51. The lowest BCUT2D eigenvalue weighted by atomic mass is 9.97. The van der Waals surface area contributed by atoms with Gasteiger partial charge in [-0.2, -0.15) is 0 Å². The first-order chi connectivity index (χ1) is 16.5. The molecule has 3 heterocycles. The summed E-state index contributed by atoms with van der Waals surface area (Å²) in [6.07, 6.45) is 2.18. The number of carbonyl (C=O) groups is 1. The summed E-state index contributed by atoms with van der Waals surface area (Å²) < 4.78 is 27.6. The van der Waals surface area contributed by atoms with Gasteiger partial charge in [-0.05, 0) is 62.1 Å². The molecule has 2 aromatic heterocycles. The van der Waals surface area contributed by atoms with Crippen LogP contribution in [0.1, 0.15) is 44.5 Å². The number of amides is 1. The Morgan fingerprint density at radius 2 is 2.03 bits per heavy atom. The summed E-state index contributed by atoms with van der Waals surface area (Å²) in [5.74, 6) is -0.168. The van der Waals surface area contributed by atoms with Gasteiger partial charge in [0.05, 0.1) is 17.9 Å². The van der Waals surface area contributed by atoms with Gasteiger partial charge >= 0.3 is 0 Å². The van der Waals surface area contributed by atoms with Crippen LogP contribution in [-0.4, -0.2) is 41.5 Å². The predicted molar refractivity (Wildman–Crippen MR) is 135 cm³/mol. The van der Waals surface area contributed by atoms with E-state index in [1.165, 1.54) is 12.3 Å². The monoisotopic (exact) mass is 498 g/mol. The van der Waals surface area contributed by atoms with Crippen molar-refractivity contribution >= 4 is 21.7 Å². The second-order valence-corrected chi connectivity index (χ2v) is 11.1. The van der Waals surface area contributed by atoms with E-state index in [9.17, 15) is 23.1 Å². The van der Waals surface area contributed by atoms with Crippen molar-refractivity contribution in [3.8, 4) is 11.3 Å². The predicted octanol–water partition coefficient (Wildman–Crippen LogP) is 2.92. The number of benzene rings is 1. The first kappa shape index (κ1) is 24.6. The number of aliphatic hydroxyl groups excluding tert-OH is 1. The lowest BCUT2D eigenvalue weighted by molar-refractivity contribution is 0.0981. The molecule has 0 spiro atoms. The molecule has 0 bridgehead atoms. The van der Waals surface area contributed by atoms with Crippen molar-refractivity contribution < 1.29 is 19.7 Å². The summed E-state index contributed by atoms with van der Waals surface area (Å²) in [6.45, 7) is 6.75. The van der Waals surface area contributed by atoms with E-state index in [-0.39, 0.29) is 19.1 Å². The van der Waals surface area contributed by atoms with E-state index in [1.807, 2.05) is 27.8 Å². The minimum Gasteiger partial charge on any atom is -0.392 e. The van der Waals surface area contributed by atoms with Crippen LogP contribution in [0.2, 0.25) is 0 Å². The third kappa shape index (κ3) is 4.98. The van der Waals surface area contributed by atoms with E-state index in [0.717, 1.165) is 23.6 Å². The van der Waals surface area contributed by atoms with Crippen molar-refractivity contribution in [2.75, 3.05) is 11.4 Å². The fourth-order valence-corrected chi connectivity index (χ4v) is 5.66. The maximum atomic E-state index is 13.3. The Balaban J connectivity index is 0.00000361. The van der Waals surface area contributed by atoms with Crippen LogP contribution in [-0.2, 0) is 16.6 Å². The highest BCUT2D eigenvalue weighted by atomic mass is 32.2. The van der Waals surface area contributed by atoms with Crippen LogP contribution in [0.5, 0.6) is 0 Å². The molecule has 0 saturated carbocycles. The molecule has 4 rings (SSSR count). The van der Waals surface area contributed by atoms with Crippen molar-refractivity contribution in [3.63, 3.8) is 0 Å². The van der Waals surface area contributed by atoms with Gasteiger partial charge < -0.3 is 15.0 Å². The molecule has 1 atom stereocenters. The number of aliphatic hydroxyl groups is 1. The third-order valence-electron chi connectivity index (χ3n) is 6.15. The van der Waals surface area contributed by atoms with Crippen molar-refractivity contribution in [2.45, 2.75) is 44.2 Å². The number of aromatic amines is 1. The fraction of sp³-hybridized carbons (Fsp3) is 0.320. The molecule has 1 amide bonds. The van der Waals surface area contributed by atoms with Gasteiger partial charge in [0.15, 0.2) is 4.90 Å². The second-order valence-electron chi connectivity index (χ2n) is 9.46. The third-order valence-corrected chi connectivity index (χ3v) is 7.51. The van der Waals surface area contributed by atoms with Crippen molar-refractivity contribution in [1.29, 1.82) is 0 Å². The number of rotatable bonds is 6. The van der Waals surface area contributed by atoms with Crippen LogP contribution in [0.4, 0.5) is 5.82 Å². The quantitative estimate of drug-likeness (QED) is 0.476. The topological polar surface area (TPSA) is 132 Å². The number of anilines is 1. The molecular formula is C25H30N4O5S. The minimum absolute atomic E-state index is 0. The average molecular weight is 499 g/mol. The van der Waals surface area contributed by atoms with Crippen LogP contribution in [0, 0.1) is 5.92 Å². The maximum absolute atomic E-state index is 13.3. The fourth-order valence-electron chi connectivity index (χ4n) is 4.63. The lowest BCUT2D eigenvalue weighted by Gasteiger charge is -2.34. The Labute approximate surface area is 205 Å². The normalized spacial score (nSPS) is 17.4. The molecule has 3 aromatic rings. The molecule has 35 heavy (non-hydrogen) atoms. The Bertz CT molecular complexity index is 1440. The number of pyridine rings is 2. The van der Waals surface area contributed by atoms with E-state index in [2.05, 4.69) is 25.8 Å². The Hall–Kier alpha value is -3.50. The first-order valence-corrected chi connectivity index (χ1v) is 12.7. The van der Waals surface area contributed by atoms with E-state index in [0.29, 0.717) is 24.0 Å². The van der Waals surface area contributed by atoms with Gasteiger partial charge in [0, 0.05) is 25.3 Å². The number of carbonyl (C=O) groups excluding carboxylic acids is 1. The number of nitrogens with one attached hydrogen (secondary N) is 2. The van der Waals surface area contributed by atoms with Gasteiger partial charge in [0.1, 0.15) is 5.82 Å². The van der Waals surface area contributed by atoms with E-state index in [4.69, 9.17) is 4.98 Å². The summed E-state index contributed by atoms with van der Waals surface area (Å²) in [7, 11) is -4.41. The zero-order valence-corrected chi connectivity index (χ0v) is 20.6. The van der Waals surface area contributed by atoms with Crippen molar-refractivity contribution in [2.24, 2.45) is 5.92 Å². The van der Waals surface area contributed by atoms with E-state index in [1.54, 1.807) is 18.2 Å². The molecule has 0 unspecified atom stereocenters. The van der Waals surface area contributed by atoms with Gasteiger partial charge in [0.25, 0.3) is 21.5 Å². The largest absolute Gasteiger partial charge is 0.392 e. The molecule has 1 saturated heterocycles. The number of hydrogen-bond acceptors (Lipinski definition) is 7. The van der Waals surface area contributed by atoms with E-state index < -0.39 is 26.4 Å². The van der Waals surface area contributed by atoms with Crippen molar-refractivity contribution in [1.82, 2.24) is 14.7 Å². The van der Waals surface area contributed by atoms with Gasteiger partial charge in [-0.3, -0.25) is 9.59 Å². The molecule has 10 heteroatoms. The maximum Gasteiger partial charge on any atom is 0.269 e. The number of sulfonamides is 1. The number of H-pyrrole nitrogens is 1. The molecule has 1 fully saturated rings. The second kappa shape index (κ2) is 9.27. The Morgan fingerprint density at radius 3 is 2.69 bits per heavy atom. The van der Waals surface area contributed by atoms with Crippen LogP contribution in [0.3, 0.4) is 0 Å². The minimum atomic E-state index is -4.41. The highest BCUT2D eigenvalue weighted by Crippen LogP contribution is 2.38. The number of nitrogens with zero attached hydrogens (tertiary/aromatic N) is 2. The molecule has 186 valence electrons. The van der Waals surface area contributed by atoms with Gasteiger partial charge in [-0.1, -0.05) is 25.1 Å². The van der Waals surface area contributed by atoms with Gasteiger partial charge in [-0.25, -0.2) is 18.1 Å². The molecule has 0 radical (unpaired) electrons. The average Bonchev–Trinajstić information content (AvgIpc) is 3.10. The SMILES string of the molecule is C[C@@H]1CN(c2nc(-c3cccc(CO)c3)ccc2C(=O)NS(=O)(=O)c2ccc[nH]c2=O)C(C)(C)C1.[HH]. The Kier molecular flexibility index (Phi) is 6.52. The Morgan fingerprint density at radius 1 is 1.26 bits per heavy atom. The van der Waals surface area contributed by atoms with Crippen LogP contribution in [0.25, 0.3) is 11.3 Å². The standard InChI is InChI=1S/C25H28N4O5S.H2/c1-16-13-25(2,3)29(14-16)22-19(9-10-20(27-22)18-7-4-6-17(12-18)15-30)23(31)28-35(33,34)21-8-5-11-26-24(21)32;/h4-12,16,30H,13-15H2,1-3H3,(H,26,32)(H,28,31);1H/t16-;/m0./s1. The van der Waals surface area contributed by atoms with Crippen LogP contribution >= 0.6 is 0 Å². The van der Waals surface area contributed by atoms with E-state index >= 15 is 0 Å². The zero-order valence-electron chi connectivity index (χ0n) is 19.8.